The van der Waals surface area contributed by atoms with Gasteiger partial charge in [-0.25, -0.2) is 0 Å². The highest BCUT2D eigenvalue weighted by Gasteiger charge is 2.56. The van der Waals surface area contributed by atoms with E-state index in [9.17, 15) is 0 Å². The number of hydrogen-bond donors (Lipinski definition) is 0. The molecule has 0 saturated carbocycles. The number of nitrogens with zero attached hydrogens (tertiary/aromatic N) is 3. The van der Waals surface area contributed by atoms with Crippen LogP contribution in [0.1, 0.15) is 52.7 Å². The second-order valence-electron chi connectivity index (χ2n) is 23.5. The van der Waals surface area contributed by atoms with Crippen LogP contribution in [-0.4, -0.2) is 15.0 Å². The van der Waals surface area contributed by atoms with Crippen molar-refractivity contribution < 1.29 is 0 Å². The highest BCUT2D eigenvalue weighted by Crippen LogP contribution is 2.62. The van der Waals surface area contributed by atoms with Gasteiger partial charge in [-0.1, -0.05) is 249 Å². The van der Waals surface area contributed by atoms with Gasteiger partial charge in [-0.3, -0.25) is 15.0 Å². The van der Waals surface area contributed by atoms with Gasteiger partial charge in [0.05, 0.1) is 17.1 Å². The lowest BCUT2D eigenvalue weighted by Gasteiger charge is -2.44. The number of aromatic nitrogens is 3. The van der Waals surface area contributed by atoms with Gasteiger partial charge in [-0.15, -0.1) is 0 Å². The molecule has 0 fully saturated rings. The fraction of sp³-hybridized carbons (Fsp3) is 0.115. The summed E-state index contributed by atoms with van der Waals surface area (Å²) in [6.07, 6.45) is 6.18. The summed E-state index contributed by atoms with van der Waals surface area (Å²) in [5, 5.41) is 0. The summed E-state index contributed by atoms with van der Waals surface area (Å²) >= 11 is 7.42. The average molecular weight is 1200 g/mol. The molecule has 13 rings (SSSR count). The molecule has 402 valence electrons. The molecule has 3 nitrogen and oxygen atoms in total. The number of benzene rings is 9. The third-order valence-electron chi connectivity index (χ3n) is 18.3. The van der Waals surface area contributed by atoms with E-state index < -0.39 is 0 Å². The molecule has 1 aliphatic carbocycles. The predicted molar refractivity (Wildman–Crippen MR) is 355 cm³/mol. The molecule has 0 spiro atoms. The van der Waals surface area contributed by atoms with Crippen LogP contribution in [0.5, 0.6) is 0 Å². The highest BCUT2D eigenvalue weighted by atomic mass is 79.9. The Morgan fingerprint density at radius 3 is 1.06 bits per heavy atom. The van der Waals surface area contributed by atoms with E-state index in [-0.39, 0.29) is 16.2 Å². The minimum absolute atomic E-state index is 0.00699. The molecule has 0 N–H and O–H groups in total. The van der Waals surface area contributed by atoms with E-state index in [1.165, 1.54) is 11.1 Å². The molecule has 0 radical (unpaired) electrons. The van der Waals surface area contributed by atoms with Gasteiger partial charge in [-0.2, -0.15) is 0 Å². The monoisotopic (exact) mass is 1200 g/mol. The third-order valence-corrected chi connectivity index (χ3v) is 19.3. The summed E-state index contributed by atoms with van der Waals surface area (Å²) in [4.78, 5) is 15.6. The van der Waals surface area contributed by atoms with Crippen molar-refractivity contribution in [3.05, 3.63) is 281 Å². The smallest absolute Gasteiger partial charge is 0.0709 e. The molecule has 9 aromatic carbocycles. The van der Waals surface area contributed by atoms with Crippen molar-refractivity contribution in [2.24, 2.45) is 5.41 Å². The number of rotatable bonds is 11. The molecule has 3 aromatic heterocycles. The van der Waals surface area contributed by atoms with Crippen molar-refractivity contribution in [1.82, 2.24) is 15.0 Å². The fourth-order valence-electron chi connectivity index (χ4n) is 12.6. The average Bonchev–Trinajstić information content (AvgIpc) is 1.83. The van der Waals surface area contributed by atoms with Gasteiger partial charge in [0, 0.05) is 60.9 Å². The Labute approximate surface area is 505 Å². The van der Waals surface area contributed by atoms with Crippen LogP contribution in [0.15, 0.2) is 270 Å². The topological polar surface area (TPSA) is 38.7 Å². The molecule has 0 aliphatic heterocycles. The molecule has 0 bridgehead atoms. The third kappa shape index (κ3) is 9.80. The number of pyridine rings is 3. The number of hydrogen-bond acceptors (Lipinski definition) is 3. The van der Waals surface area contributed by atoms with Gasteiger partial charge in [0.1, 0.15) is 0 Å². The normalized spacial score (nSPS) is 13.8. The molecule has 3 heterocycles. The lowest BCUT2D eigenvalue weighted by molar-refractivity contribution is 0.125. The maximum absolute atomic E-state index is 5.24. The minimum atomic E-state index is -0.00699. The summed E-state index contributed by atoms with van der Waals surface area (Å²) in [5.74, 6) is 0. The Hall–Kier alpha value is -8.61. The van der Waals surface area contributed by atoms with E-state index in [2.05, 4.69) is 335 Å². The quantitative estimate of drug-likeness (QED) is 0.130. The Kier molecular flexibility index (Phi) is 14.0. The molecule has 0 amide bonds. The van der Waals surface area contributed by atoms with Crippen LogP contribution in [0.4, 0.5) is 0 Å². The van der Waals surface area contributed by atoms with E-state index in [0.717, 1.165) is 132 Å². The van der Waals surface area contributed by atoms with Gasteiger partial charge in [0.2, 0.25) is 0 Å². The zero-order valence-corrected chi connectivity index (χ0v) is 50.6. The van der Waals surface area contributed by atoms with E-state index in [4.69, 9.17) is 15.0 Å². The second kappa shape index (κ2) is 21.6. The van der Waals surface area contributed by atoms with E-state index >= 15 is 0 Å². The second-order valence-corrected chi connectivity index (χ2v) is 25.3. The zero-order chi connectivity index (χ0) is 57.0. The van der Waals surface area contributed by atoms with Crippen molar-refractivity contribution in [2.45, 2.75) is 52.4 Å². The predicted octanol–water partition coefficient (Wildman–Crippen LogP) is 22.3. The molecule has 0 unspecified atom stereocenters. The van der Waals surface area contributed by atoms with Crippen LogP contribution in [0.2, 0.25) is 0 Å². The first-order chi connectivity index (χ1) is 40.2. The van der Waals surface area contributed by atoms with E-state index in [0.29, 0.717) is 0 Å². The van der Waals surface area contributed by atoms with Crippen molar-refractivity contribution >= 4 is 31.9 Å². The zero-order valence-electron chi connectivity index (χ0n) is 47.4. The summed E-state index contributed by atoms with van der Waals surface area (Å²) in [6.45, 7) is 14.4. The Morgan fingerprint density at radius 2 is 0.614 bits per heavy atom. The molecule has 83 heavy (non-hydrogen) atoms. The van der Waals surface area contributed by atoms with Gasteiger partial charge < -0.3 is 0 Å². The summed E-state index contributed by atoms with van der Waals surface area (Å²) < 4.78 is 2.02. The van der Waals surface area contributed by atoms with Crippen LogP contribution in [0, 0.1) is 5.41 Å². The molecule has 0 atom stereocenters. The Bertz CT molecular complexity index is 4230. The Balaban J connectivity index is 0.992. The minimum Gasteiger partial charge on any atom is -0.256 e. The van der Waals surface area contributed by atoms with Crippen LogP contribution in [0.25, 0.3) is 123 Å². The molecule has 0 saturated heterocycles. The molecule has 12 aromatic rings. The summed E-state index contributed by atoms with van der Waals surface area (Å²) in [7, 11) is 0. The molecular weight excluding hydrogens is 1140 g/mol. The van der Waals surface area contributed by atoms with Crippen molar-refractivity contribution in [1.29, 1.82) is 0 Å². The lowest BCUT2D eigenvalue weighted by atomic mass is 9.59. The summed E-state index contributed by atoms with van der Waals surface area (Å²) in [5.41, 5.74) is 26.4. The van der Waals surface area contributed by atoms with Crippen molar-refractivity contribution in [3.63, 3.8) is 0 Å². The largest absolute Gasteiger partial charge is 0.256 e. The van der Waals surface area contributed by atoms with Crippen molar-refractivity contribution in [2.75, 3.05) is 0 Å². The highest BCUT2D eigenvalue weighted by molar-refractivity contribution is 9.10. The molecule has 5 heteroatoms. The maximum atomic E-state index is 5.24. The van der Waals surface area contributed by atoms with Gasteiger partial charge in [0.25, 0.3) is 0 Å². The Morgan fingerprint density at radius 1 is 0.241 bits per heavy atom. The fourth-order valence-corrected chi connectivity index (χ4v) is 13.4. The van der Waals surface area contributed by atoms with Gasteiger partial charge in [0.15, 0.2) is 0 Å². The van der Waals surface area contributed by atoms with Crippen molar-refractivity contribution in [3.8, 4) is 123 Å². The van der Waals surface area contributed by atoms with Crippen LogP contribution in [0.3, 0.4) is 0 Å². The van der Waals surface area contributed by atoms with Crippen LogP contribution < -0.4 is 0 Å². The van der Waals surface area contributed by atoms with Crippen LogP contribution >= 0.6 is 31.9 Å². The van der Waals surface area contributed by atoms with Crippen LogP contribution in [-0.2, 0) is 10.8 Å². The lowest BCUT2D eigenvalue weighted by Crippen LogP contribution is -2.42. The first kappa shape index (κ1) is 53.7. The maximum Gasteiger partial charge on any atom is 0.0709 e. The first-order valence-corrected chi connectivity index (χ1v) is 30.0. The number of halogens is 2. The SMILES string of the molecule is CC1(C)c2ccc(-c3ccc(-c4ccccc4-c4cc(-c5ccccc5-c5cnc(-c6cccc(Br)c6)cc5-c5ccccc5)cc(-c5ccccc5-c5cnc(-c6cccc(Br)c6)cc5-c5ccccc5)c4)cn3)cc2C(C)(C)C1(C)C. The molecular formula is C78H61Br2N3. The van der Waals surface area contributed by atoms with Gasteiger partial charge in [-0.05, 0) is 166 Å². The number of fused-ring (bicyclic) bond motifs is 1. The standard InChI is InChI=1S/C78H61Br2N3/c1-76(2)71-37-35-54(44-72(71)77(3,4)78(76,5)6)73-38-36-55(47-81-73)61-29-13-14-30-62(61)56-39-57(63-31-15-17-33-65(63)69-48-82-74(52-25-19-27-59(79)42-52)45-67(69)50-21-9-7-10-22-50)41-58(40-56)64-32-16-18-34-66(64)70-49-83-75(53-26-20-28-60(80)43-53)46-68(70)51-23-11-8-12-24-51/h7-49H,1-6H3. The summed E-state index contributed by atoms with van der Waals surface area (Å²) in [6, 6.07) is 87.5. The van der Waals surface area contributed by atoms with Gasteiger partial charge >= 0.3 is 0 Å². The molecule has 1 aliphatic rings. The van der Waals surface area contributed by atoms with E-state index in [1.54, 1.807) is 0 Å². The first-order valence-electron chi connectivity index (χ1n) is 28.4. The van der Waals surface area contributed by atoms with E-state index in [1.807, 2.05) is 0 Å².